The first-order valence-electron chi connectivity index (χ1n) is 6.22. The normalized spacial score (nSPS) is 22.6. The number of hydrogen-bond donors (Lipinski definition) is 1. The Morgan fingerprint density at radius 1 is 1.61 bits per heavy atom. The number of carbonyl (C=O) groups is 1. The van der Waals surface area contributed by atoms with Gasteiger partial charge < -0.3 is 14.3 Å². The standard InChI is InChI=1S/C13H17NO4/c1-17-12(15)10-4-5-18-11(10)6-14-7-13(16,8-14)9-2-3-9/h4-5,9,16H,2-3,6-8H2,1H3. The van der Waals surface area contributed by atoms with Crippen LogP contribution in [0, 0.1) is 5.92 Å². The van der Waals surface area contributed by atoms with E-state index in [1.807, 2.05) is 0 Å². The van der Waals surface area contributed by atoms with E-state index in [1.54, 1.807) is 6.07 Å². The number of rotatable bonds is 4. The SMILES string of the molecule is COC(=O)c1ccoc1CN1CC(O)(C2CC2)C1. The third kappa shape index (κ3) is 1.93. The monoisotopic (exact) mass is 251 g/mol. The summed E-state index contributed by atoms with van der Waals surface area (Å²) in [4.78, 5) is 13.6. The first kappa shape index (κ1) is 11.7. The van der Waals surface area contributed by atoms with Crippen LogP contribution in [0.5, 0.6) is 0 Å². The lowest BCUT2D eigenvalue weighted by Crippen LogP contribution is -2.62. The lowest BCUT2D eigenvalue weighted by atomic mass is 9.88. The van der Waals surface area contributed by atoms with Gasteiger partial charge >= 0.3 is 5.97 Å². The van der Waals surface area contributed by atoms with Crippen LogP contribution in [0.2, 0.25) is 0 Å². The summed E-state index contributed by atoms with van der Waals surface area (Å²) in [7, 11) is 1.36. The van der Waals surface area contributed by atoms with Gasteiger partial charge in [0.2, 0.25) is 0 Å². The van der Waals surface area contributed by atoms with Gasteiger partial charge in [-0.2, -0.15) is 0 Å². The molecule has 1 N–H and O–H groups in total. The average molecular weight is 251 g/mol. The molecule has 18 heavy (non-hydrogen) atoms. The molecule has 1 aliphatic carbocycles. The van der Waals surface area contributed by atoms with Gasteiger partial charge in [0.25, 0.3) is 0 Å². The van der Waals surface area contributed by atoms with E-state index in [1.165, 1.54) is 13.4 Å². The van der Waals surface area contributed by atoms with E-state index >= 15 is 0 Å². The summed E-state index contributed by atoms with van der Waals surface area (Å²) < 4.78 is 10.0. The van der Waals surface area contributed by atoms with Crippen LogP contribution in [0.25, 0.3) is 0 Å². The zero-order chi connectivity index (χ0) is 12.8. The van der Waals surface area contributed by atoms with Crippen molar-refractivity contribution >= 4 is 5.97 Å². The second kappa shape index (κ2) is 4.10. The van der Waals surface area contributed by atoms with E-state index < -0.39 is 5.60 Å². The molecule has 0 unspecified atom stereocenters. The fraction of sp³-hybridized carbons (Fsp3) is 0.615. The van der Waals surface area contributed by atoms with Crippen LogP contribution < -0.4 is 0 Å². The smallest absolute Gasteiger partial charge is 0.341 e. The molecule has 0 atom stereocenters. The Kier molecular flexibility index (Phi) is 2.68. The number of nitrogens with zero attached hydrogens (tertiary/aromatic N) is 1. The molecule has 98 valence electrons. The maximum Gasteiger partial charge on any atom is 0.341 e. The van der Waals surface area contributed by atoms with Crippen LogP contribution in [0.15, 0.2) is 16.7 Å². The largest absolute Gasteiger partial charge is 0.467 e. The summed E-state index contributed by atoms with van der Waals surface area (Å²) in [6.45, 7) is 1.88. The number of likely N-dealkylation sites (tertiary alicyclic amines) is 1. The van der Waals surface area contributed by atoms with E-state index in [9.17, 15) is 9.90 Å². The number of methoxy groups -OCH3 is 1. The number of furan rings is 1. The minimum absolute atomic E-state index is 0.378. The Bertz CT molecular complexity index is 457. The van der Waals surface area contributed by atoms with Crippen molar-refractivity contribution in [2.75, 3.05) is 20.2 Å². The van der Waals surface area contributed by atoms with Gasteiger partial charge in [0, 0.05) is 13.1 Å². The highest BCUT2D eigenvalue weighted by molar-refractivity contribution is 5.90. The summed E-state index contributed by atoms with van der Waals surface area (Å²) in [6, 6.07) is 1.62. The minimum Gasteiger partial charge on any atom is -0.467 e. The van der Waals surface area contributed by atoms with Crippen molar-refractivity contribution in [1.82, 2.24) is 4.90 Å². The molecule has 1 saturated carbocycles. The maximum atomic E-state index is 11.5. The zero-order valence-corrected chi connectivity index (χ0v) is 10.4. The molecular formula is C13H17NO4. The molecule has 1 saturated heterocycles. The van der Waals surface area contributed by atoms with Crippen molar-refractivity contribution in [2.24, 2.45) is 5.92 Å². The van der Waals surface area contributed by atoms with E-state index in [4.69, 9.17) is 9.15 Å². The predicted molar refractivity (Wildman–Crippen MR) is 63.0 cm³/mol. The minimum atomic E-state index is -0.502. The molecule has 0 spiro atoms. The van der Waals surface area contributed by atoms with Crippen molar-refractivity contribution in [3.8, 4) is 0 Å². The van der Waals surface area contributed by atoms with Crippen LogP contribution in [-0.2, 0) is 11.3 Å². The quantitative estimate of drug-likeness (QED) is 0.810. The Morgan fingerprint density at radius 2 is 2.33 bits per heavy atom. The van der Waals surface area contributed by atoms with Crippen molar-refractivity contribution in [1.29, 1.82) is 0 Å². The third-order valence-corrected chi connectivity index (χ3v) is 3.85. The summed E-state index contributed by atoms with van der Waals surface area (Å²) in [5.41, 5.74) is -0.0303. The summed E-state index contributed by atoms with van der Waals surface area (Å²) in [5, 5.41) is 10.2. The molecule has 2 aliphatic rings. The highest BCUT2D eigenvalue weighted by Gasteiger charge is 2.51. The third-order valence-electron chi connectivity index (χ3n) is 3.85. The fourth-order valence-electron chi connectivity index (χ4n) is 2.68. The Hall–Kier alpha value is -1.33. The van der Waals surface area contributed by atoms with Crippen molar-refractivity contribution < 1.29 is 19.1 Å². The van der Waals surface area contributed by atoms with Gasteiger partial charge in [-0.15, -0.1) is 0 Å². The van der Waals surface area contributed by atoms with Crippen LogP contribution in [0.3, 0.4) is 0 Å². The van der Waals surface area contributed by atoms with Gasteiger partial charge in [0.1, 0.15) is 11.3 Å². The second-order valence-electron chi connectivity index (χ2n) is 5.27. The molecule has 5 heteroatoms. The number of β-amino-alcohol motifs (C(OH)–C–C–N with tert-alkyl or cyclic N) is 1. The van der Waals surface area contributed by atoms with Gasteiger partial charge in [-0.1, -0.05) is 0 Å². The summed E-state index contributed by atoms with van der Waals surface area (Å²) >= 11 is 0. The molecule has 1 aromatic heterocycles. The van der Waals surface area contributed by atoms with Crippen LogP contribution in [0.1, 0.15) is 29.0 Å². The van der Waals surface area contributed by atoms with E-state index in [-0.39, 0.29) is 5.97 Å². The van der Waals surface area contributed by atoms with Gasteiger partial charge in [-0.05, 0) is 24.8 Å². The lowest BCUT2D eigenvalue weighted by molar-refractivity contribution is -0.118. The molecule has 3 rings (SSSR count). The first-order valence-corrected chi connectivity index (χ1v) is 6.22. The predicted octanol–water partition coefficient (Wildman–Crippen LogP) is 1.02. The molecule has 0 aromatic carbocycles. The molecular weight excluding hydrogens is 234 g/mol. The highest BCUT2D eigenvalue weighted by Crippen LogP contribution is 2.44. The van der Waals surface area contributed by atoms with Gasteiger partial charge in [0.15, 0.2) is 0 Å². The molecule has 0 amide bonds. The van der Waals surface area contributed by atoms with E-state index in [0.717, 1.165) is 12.8 Å². The van der Waals surface area contributed by atoms with Crippen molar-refractivity contribution in [3.05, 3.63) is 23.7 Å². The molecule has 1 aromatic rings. The average Bonchev–Trinajstić information content (AvgIpc) is 3.07. The Labute approximate surface area is 105 Å². The molecule has 0 radical (unpaired) electrons. The number of esters is 1. The summed E-state index contributed by atoms with van der Waals surface area (Å²) in [6.07, 6.45) is 3.77. The second-order valence-corrected chi connectivity index (χ2v) is 5.27. The zero-order valence-electron chi connectivity index (χ0n) is 10.4. The summed E-state index contributed by atoms with van der Waals surface area (Å²) in [5.74, 6) is 0.710. The Balaban J connectivity index is 1.61. The molecule has 5 nitrogen and oxygen atoms in total. The van der Waals surface area contributed by atoms with Crippen LogP contribution in [-0.4, -0.2) is 41.8 Å². The first-order chi connectivity index (χ1) is 8.62. The fourth-order valence-corrected chi connectivity index (χ4v) is 2.68. The van der Waals surface area contributed by atoms with Crippen molar-refractivity contribution in [3.63, 3.8) is 0 Å². The van der Waals surface area contributed by atoms with Crippen LogP contribution >= 0.6 is 0 Å². The molecule has 0 bridgehead atoms. The van der Waals surface area contributed by atoms with Gasteiger partial charge in [0.05, 0.1) is 25.5 Å². The van der Waals surface area contributed by atoms with Crippen LogP contribution in [0.4, 0.5) is 0 Å². The highest BCUT2D eigenvalue weighted by atomic mass is 16.5. The number of aliphatic hydroxyl groups is 1. The number of ether oxygens (including phenoxy) is 1. The lowest BCUT2D eigenvalue weighted by Gasteiger charge is -2.46. The van der Waals surface area contributed by atoms with Gasteiger partial charge in [-0.3, -0.25) is 4.90 Å². The van der Waals surface area contributed by atoms with E-state index in [0.29, 0.717) is 36.9 Å². The van der Waals surface area contributed by atoms with Crippen molar-refractivity contribution in [2.45, 2.75) is 25.0 Å². The molecule has 1 aliphatic heterocycles. The number of carbonyl (C=O) groups excluding carboxylic acids is 1. The number of hydrogen-bond acceptors (Lipinski definition) is 5. The van der Waals surface area contributed by atoms with Gasteiger partial charge in [-0.25, -0.2) is 4.79 Å². The topological polar surface area (TPSA) is 62.9 Å². The van der Waals surface area contributed by atoms with E-state index in [2.05, 4.69) is 4.90 Å². The maximum absolute atomic E-state index is 11.5. The molecule has 2 heterocycles. The molecule has 2 fully saturated rings. The Morgan fingerprint density at radius 3 is 2.94 bits per heavy atom.